The maximum absolute atomic E-state index is 14.2. The predicted molar refractivity (Wildman–Crippen MR) is 180 cm³/mol. The van der Waals surface area contributed by atoms with E-state index in [-0.39, 0.29) is 24.5 Å². The number of hydroxylamine groups is 2. The van der Waals surface area contributed by atoms with Gasteiger partial charge in [0.05, 0.1) is 24.2 Å². The van der Waals surface area contributed by atoms with Crippen molar-refractivity contribution in [1.82, 2.24) is 20.2 Å². The number of hydrogen-bond acceptors (Lipinski definition) is 7. The largest absolute Gasteiger partial charge is 0.394 e. The maximum Gasteiger partial charge on any atom is 0.253 e. The molecule has 3 N–H and O–H groups in total. The molecule has 2 saturated heterocycles. The number of carbonyl (C=O) groups is 2. The molecule has 6 fully saturated rings. The number of carbonyl (C=O) groups excluding carboxylic acids is 2. The van der Waals surface area contributed by atoms with Crippen LogP contribution < -0.4 is 5.32 Å². The number of likely N-dealkylation sites (N-methyl/N-ethyl adjacent to an activating group) is 1. The van der Waals surface area contributed by atoms with Crippen LogP contribution in [0.2, 0.25) is 0 Å². The van der Waals surface area contributed by atoms with Crippen LogP contribution in [-0.4, -0.2) is 101 Å². The summed E-state index contributed by atoms with van der Waals surface area (Å²) in [7, 11) is 2.10. The lowest BCUT2D eigenvalue weighted by molar-refractivity contribution is -0.183. The molecular formula is C38H52N4O5. The first kappa shape index (κ1) is 32.7. The Labute approximate surface area is 279 Å². The lowest BCUT2D eigenvalue weighted by Gasteiger charge is -2.62. The van der Waals surface area contributed by atoms with Gasteiger partial charge in [-0.1, -0.05) is 51.1 Å². The Bertz CT molecular complexity index is 1530. The number of benzene rings is 2. The van der Waals surface area contributed by atoms with Crippen molar-refractivity contribution >= 4 is 11.8 Å². The second-order valence-electron chi connectivity index (χ2n) is 16.0. The van der Waals surface area contributed by atoms with E-state index in [9.17, 15) is 19.8 Å². The summed E-state index contributed by atoms with van der Waals surface area (Å²) >= 11 is 0. The first-order chi connectivity index (χ1) is 22.4. The van der Waals surface area contributed by atoms with Crippen LogP contribution in [0, 0.1) is 28.6 Å². The first-order valence-electron chi connectivity index (χ1n) is 17.6. The third kappa shape index (κ3) is 5.52. The molecule has 9 nitrogen and oxygen atoms in total. The van der Waals surface area contributed by atoms with E-state index < -0.39 is 23.2 Å². The minimum absolute atomic E-state index is 0.0580. The first-order valence-corrected chi connectivity index (χ1v) is 17.6. The summed E-state index contributed by atoms with van der Waals surface area (Å²) in [4.78, 5) is 38.2. The van der Waals surface area contributed by atoms with E-state index in [4.69, 9.17) is 4.84 Å². The molecule has 1 spiro atoms. The minimum Gasteiger partial charge on any atom is -0.394 e. The number of nitrogens with zero attached hydrogens (tertiary/aromatic N) is 3. The fraction of sp³-hybridized carbons (Fsp3) is 0.632. The van der Waals surface area contributed by atoms with E-state index >= 15 is 0 Å². The van der Waals surface area contributed by atoms with Crippen LogP contribution in [0.3, 0.4) is 0 Å². The number of fused-ring (bicyclic) bond motifs is 2. The summed E-state index contributed by atoms with van der Waals surface area (Å²) in [5.41, 5.74) is 1.86. The van der Waals surface area contributed by atoms with E-state index in [1.807, 2.05) is 47.4 Å². The minimum atomic E-state index is -1.11. The zero-order chi connectivity index (χ0) is 33.3. The Morgan fingerprint density at radius 2 is 1.72 bits per heavy atom. The van der Waals surface area contributed by atoms with E-state index in [2.05, 4.69) is 44.1 Å². The molecule has 2 aromatic rings. The maximum atomic E-state index is 14.2. The molecule has 47 heavy (non-hydrogen) atoms. The number of hydrogen-bond donors (Lipinski definition) is 3. The quantitative estimate of drug-likeness (QED) is 0.420. The molecular weight excluding hydrogens is 592 g/mol. The standard InChI is InChI=1S/C38H52N4O5/c1-24-30-19-29(36(30,2)3)20-31(24)39-34(44)33-38(23-37(38,4)46)32(22-43)47-42(33)21-25-9-6-10-26(17-25)27-11-7-12-28(18-27)35(45)41-14-8-13-40(5)15-16-41/h6-7,9-12,17-18,24,29-33,43,46H,8,13-16,19-23H2,1-5H3,(H,39,44)/t24-,29+,30-,31-,32-,33+,37?,38+/m0/s1. The van der Waals surface area contributed by atoms with E-state index in [0.29, 0.717) is 41.7 Å². The Morgan fingerprint density at radius 3 is 2.40 bits per heavy atom. The average Bonchev–Trinajstić information content (AvgIpc) is 3.57. The molecule has 0 radical (unpaired) electrons. The lowest BCUT2D eigenvalue weighted by Crippen LogP contribution is -2.62. The van der Waals surface area contributed by atoms with Crippen LogP contribution in [-0.2, 0) is 16.2 Å². The van der Waals surface area contributed by atoms with Gasteiger partial charge in [-0.2, -0.15) is 5.06 Å². The fourth-order valence-corrected chi connectivity index (χ4v) is 9.71. The number of amides is 2. The Balaban J connectivity index is 1.11. The fourth-order valence-electron chi connectivity index (χ4n) is 9.71. The molecule has 8 rings (SSSR count). The van der Waals surface area contributed by atoms with Gasteiger partial charge in [-0.3, -0.25) is 14.4 Å². The van der Waals surface area contributed by atoms with Gasteiger partial charge in [0.2, 0.25) is 5.91 Å². The Morgan fingerprint density at radius 1 is 1.00 bits per heavy atom. The molecule has 8 atom stereocenters. The summed E-state index contributed by atoms with van der Waals surface area (Å²) < 4.78 is 0. The monoisotopic (exact) mass is 644 g/mol. The smallest absolute Gasteiger partial charge is 0.253 e. The molecule has 1 unspecified atom stereocenters. The lowest BCUT2D eigenvalue weighted by atomic mass is 9.45. The van der Waals surface area contributed by atoms with Crippen LogP contribution in [0.25, 0.3) is 11.1 Å². The normalized spacial score (nSPS) is 36.5. The van der Waals surface area contributed by atoms with Gasteiger partial charge in [0.1, 0.15) is 12.1 Å². The number of aliphatic hydroxyl groups is 2. The molecule has 254 valence electrons. The van der Waals surface area contributed by atoms with Gasteiger partial charge < -0.3 is 25.3 Å². The van der Waals surface area contributed by atoms with Gasteiger partial charge in [0, 0.05) is 31.2 Å². The zero-order valence-corrected chi connectivity index (χ0v) is 28.6. The highest BCUT2D eigenvalue weighted by molar-refractivity contribution is 5.95. The molecule has 2 aromatic carbocycles. The van der Waals surface area contributed by atoms with Crippen LogP contribution in [0.15, 0.2) is 48.5 Å². The van der Waals surface area contributed by atoms with Gasteiger partial charge in [-0.05, 0) is 104 Å². The third-order valence-corrected chi connectivity index (χ3v) is 12.9. The van der Waals surface area contributed by atoms with Gasteiger partial charge in [-0.15, -0.1) is 0 Å². The zero-order valence-electron chi connectivity index (χ0n) is 28.6. The molecule has 6 aliphatic rings. The molecule has 2 aliphatic heterocycles. The average molecular weight is 645 g/mol. The number of nitrogens with one attached hydrogen (secondary N) is 1. The van der Waals surface area contributed by atoms with Crippen LogP contribution in [0.4, 0.5) is 0 Å². The van der Waals surface area contributed by atoms with Crippen LogP contribution in [0.5, 0.6) is 0 Å². The van der Waals surface area contributed by atoms with Crippen molar-refractivity contribution in [3.05, 3.63) is 59.7 Å². The van der Waals surface area contributed by atoms with Crippen molar-refractivity contribution in [3.63, 3.8) is 0 Å². The predicted octanol–water partition coefficient (Wildman–Crippen LogP) is 3.94. The van der Waals surface area contributed by atoms with E-state index in [1.165, 1.54) is 6.42 Å². The SMILES string of the molecule is C[C@@H]1[C@@H](NC(=O)[C@H]2N(Cc3cccc(-c4cccc(C(=O)N5CCCN(C)CC5)c4)c3)O[C@@H](CO)[C@]23CC3(C)O)C[C@H]2C[C@@H]1C2(C)C. The number of rotatable bonds is 7. The second kappa shape index (κ2) is 11.9. The van der Waals surface area contributed by atoms with Crippen LogP contribution >= 0.6 is 0 Å². The Hall–Kier alpha value is -2.82. The second-order valence-corrected chi connectivity index (χ2v) is 16.0. The van der Waals surface area contributed by atoms with Crippen LogP contribution in [0.1, 0.15) is 69.3 Å². The molecule has 0 aromatic heterocycles. The van der Waals surface area contributed by atoms with Crippen molar-refractivity contribution in [2.75, 3.05) is 39.8 Å². The van der Waals surface area contributed by atoms with Gasteiger partial charge >= 0.3 is 0 Å². The highest BCUT2D eigenvalue weighted by Crippen LogP contribution is 2.66. The highest BCUT2D eigenvalue weighted by atomic mass is 16.7. The van der Waals surface area contributed by atoms with Crippen molar-refractivity contribution < 1.29 is 24.6 Å². The summed E-state index contributed by atoms with van der Waals surface area (Å²) in [6, 6.07) is 15.3. The number of aliphatic hydroxyl groups excluding tert-OH is 1. The van der Waals surface area contributed by atoms with Gasteiger partial charge in [0.15, 0.2) is 0 Å². The van der Waals surface area contributed by atoms with Crippen molar-refractivity contribution in [2.24, 2.45) is 28.6 Å². The summed E-state index contributed by atoms with van der Waals surface area (Å²) in [6.45, 7) is 12.1. The molecule has 2 amide bonds. The van der Waals surface area contributed by atoms with Crippen molar-refractivity contribution in [2.45, 2.75) is 83.7 Å². The molecule has 9 heteroatoms. The van der Waals surface area contributed by atoms with Gasteiger partial charge in [0.25, 0.3) is 5.91 Å². The van der Waals surface area contributed by atoms with Crippen molar-refractivity contribution in [3.8, 4) is 11.1 Å². The van der Waals surface area contributed by atoms with Crippen molar-refractivity contribution in [1.29, 1.82) is 0 Å². The van der Waals surface area contributed by atoms with Gasteiger partial charge in [-0.25, -0.2) is 0 Å². The van der Waals surface area contributed by atoms with E-state index in [1.54, 1.807) is 12.0 Å². The highest BCUT2D eigenvalue weighted by Gasteiger charge is 2.78. The molecule has 4 aliphatic carbocycles. The molecule has 2 bridgehead atoms. The summed E-state index contributed by atoms with van der Waals surface area (Å²) in [5.74, 6) is 1.50. The summed E-state index contributed by atoms with van der Waals surface area (Å²) in [5, 5.41) is 26.8. The summed E-state index contributed by atoms with van der Waals surface area (Å²) in [6.07, 6.45) is 2.89. The Kier molecular flexibility index (Phi) is 8.32. The third-order valence-electron chi connectivity index (χ3n) is 12.9. The topological polar surface area (TPSA) is 106 Å². The molecule has 2 heterocycles. The van der Waals surface area contributed by atoms with E-state index in [0.717, 1.165) is 55.7 Å². The molecule has 4 saturated carbocycles.